The highest BCUT2D eigenvalue weighted by molar-refractivity contribution is 6.01. The van der Waals surface area contributed by atoms with Gasteiger partial charge in [0.15, 0.2) is 5.78 Å². The second kappa shape index (κ2) is 12.2. The zero-order valence-corrected chi connectivity index (χ0v) is 22.5. The lowest BCUT2D eigenvalue weighted by Gasteiger charge is -2.29. The highest BCUT2D eigenvalue weighted by atomic mass is 16.2. The van der Waals surface area contributed by atoms with Crippen LogP contribution in [0, 0.1) is 5.92 Å². The standard InChI is InChI=1S/C27H39N5O5/c1-6-30(7-2)20-10-8-19(9-11-20)26(36)29-21(14-17(3)4)27(37)31-13-12-22-25(31)23(34)16-32(22)24(35)15-28-18(5)33/h8-11,17,21-22,25H,6-7,12-16H2,1-5H3,(H,28,33)(H,29,36). The number of carbonyl (C=O) groups is 5. The van der Waals surface area contributed by atoms with E-state index in [1.807, 2.05) is 26.0 Å². The van der Waals surface area contributed by atoms with Crippen LogP contribution in [0.3, 0.4) is 0 Å². The fraction of sp³-hybridized carbons (Fsp3) is 0.593. The van der Waals surface area contributed by atoms with E-state index in [0.717, 1.165) is 18.8 Å². The van der Waals surface area contributed by atoms with Crippen molar-refractivity contribution in [1.29, 1.82) is 0 Å². The zero-order chi connectivity index (χ0) is 27.3. The molecule has 2 heterocycles. The summed E-state index contributed by atoms with van der Waals surface area (Å²) in [5, 5.41) is 5.37. The number of rotatable bonds is 10. The molecule has 2 aliphatic rings. The Labute approximate surface area is 218 Å². The van der Waals surface area contributed by atoms with Gasteiger partial charge in [-0.1, -0.05) is 13.8 Å². The molecule has 3 rings (SSSR count). The van der Waals surface area contributed by atoms with Crippen molar-refractivity contribution in [3.63, 3.8) is 0 Å². The second-order valence-electron chi connectivity index (χ2n) is 10.1. The van der Waals surface area contributed by atoms with Crippen molar-refractivity contribution in [2.45, 2.75) is 65.6 Å². The lowest BCUT2D eigenvalue weighted by atomic mass is 10.0. The van der Waals surface area contributed by atoms with Crippen LogP contribution in [-0.2, 0) is 19.2 Å². The SMILES string of the molecule is CCN(CC)c1ccc(C(=O)NC(CC(C)C)C(=O)N2CCC3C2C(=O)CN3C(=O)CNC(C)=O)cc1. The quantitative estimate of drug-likeness (QED) is 0.485. The number of nitrogens with zero attached hydrogens (tertiary/aromatic N) is 3. The first-order chi connectivity index (χ1) is 17.6. The van der Waals surface area contributed by atoms with E-state index in [1.165, 1.54) is 16.7 Å². The Morgan fingerprint density at radius 1 is 1.05 bits per heavy atom. The van der Waals surface area contributed by atoms with Crippen LogP contribution >= 0.6 is 0 Å². The zero-order valence-electron chi connectivity index (χ0n) is 22.5. The molecule has 37 heavy (non-hydrogen) atoms. The molecule has 10 nitrogen and oxygen atoms in total. The molecule has 1 aromatic rings. The molecular weight excluding hydrogens is 474 g/mol. The third-order valence-electron chi connectivity index (χ3n) is 7.08. The summed E-state index contributed by atoms with van der Waals surface area (Å²) in [6.45, 7) is 11.2. The number of likely N-dealkylation sites (tertiary alicyclic amines) is 2. The molecule has 0 radical (unpaired) electrons. The number of fused-ring (bicyclic) bond motifs is 1. The van der Waals surface area contributed by atoms with Gasteiger partial charge in [-0.3, -0.25) is 24.0 Å². The van der Waals surface area contributed by atoms with Gasteiger partial charge < -0.3 is 25.3 Å². The molecule has 1 aromatic carbocycles. The maximum atomic E-state index is 13.6. The number of carbonyl (C=O) groups excluding carboxylic acids is 5. The first-order valence-electron chi connectivity index (χ1n) is 13.1. The molecule has 202 valence electrons. The van der Waals surface area contributed by atoms with E-state index in [4.69, 9.17) is 0 Å². The number of anilines is 1. The van der Waals surface area contributed by atoms with Gasteiger partial charge >= 0.3 is 0 Å². The highest BCUT2D eigenvalue weighted by Crippen LogP contribution is 2.30. The molecule has 2 saturated heterocycles. The van der Waals surface area contributed by atoms with Gasteiger partial charge in [0.05, 0.1) is 19.1 Å². The van der Waals surface area contributed by atoms with Crippen LogP contribution < -0.4 is 15.5 Å². The van der Waals surface area contributed by atoms with E-state index in [2.05, 4.69) is 29.4 Å². The first-order valence-corrected chi connectivity index (χ1v) is 13.1. The van der Waals surface area contributed by atoms with Gasteiger partial charge in [0.25, 0.3) is 5.91 Å². The van der Waals surface area contributed by atoms with Crippen molar-refractivity contribution >= 4 is 35.1 Å². The minimum absolute atomic E-state index is 0.0857. The minimum atomic E-state index is -0.786. The Morgan fingerprint density at radius 3 is 2.27 bits per heavy atom. The molecule has 0 aromatic heterocycles. The summed E-state index contributed by atoms with van der Waals surface area (Å²) in [7, 11) is 0. The smallest absolute Gasteiger partial charge is 0.251 e. The lowest BCUT2D eigenvalue weighted by Crippen LogP contribution is -2.53. The second-order valence-corrected chi connectivity index (χ2v) is 10.1. The van der Waals surface area contributed by atoms with Crippen LogP contribution in [0.5, 0.6) is 0 Å². The number of nitrogens with one attached hydrogen (secondary N) is 2. The van der Waals surface area contributed by atoms with Gasteiger partial charge in [0.1, 0.15) is 12.1 Å². The molecule has 0 aliphatic carbocycles. The van der Waals surface area contributed by atoms with Crippen molar-refractivity contribution in [1.82, 2.24) is 20.4 Å². The Kier molecular flexibility index (Phi) is 9.29. The molecule has 10 heteroatoms. The van der Waals surface area contributed by atoms with Gasteiger partial charge in [0, 0.05) is 37.8 Å². The molecule has 3 unspecified atom stereocenters. The number of amides is 4. The minimum Gasteiger partial charge on any atom is -0.372 e. The molecule has 0 bridgehead atoms. The number of hydrogen-bond acceptors (Lipinski definition) is 6. The maximum absolute atomic E-state index is 13.6. The monoisotopic (exact) mass is 513 g/mol. The summed E-state index contributed by atoms with van der Waals surface area (Å²) < 4.78 is 0. The average Bonchev–Trinajstić information content (AvgIpc) is 3.44. The largest absolute Gasteiger partial charge is 0.372 e. The molecule has 2 aliphatic heterocycles. The maximum Gasteiger partial charge on any atom is 0.251 e. The van der Waals surface area contributed by atoms with E-state index in [0.29, 0.717) is 24.9 Å². The molecule has 0 saturated carbocycles. The Hall–Kier alpha value is -3.43. The van der Waals surface area contributed by atoms with Crippen LogP contribution in [-0.4, -0.2) is 90.1 Å². The van der Waals surface area contributed by atoms with E-state index >= 15 is 0 Å². The molecule has 4 amide bonds. The summed E-state index contributed by atoms with van der Waals surface area (Å²) >= 11 is 0. The molecule has 0 spiro atoms. The van der Waals surface area contributed by atoms with Gasteiger partial charge in [-0.25, -0.2) is 0 Å². The van der Waals surface area contributed by atoms with E-state index in [-0.39, 0.29) is 48.4 Å². The van der Waals surface area contributed by atoms with Crippen molar-refractivity contribution in [2.24, 2.45) is 5.92 Å². The Balaban J connectivity index is 1.72. The van der Waals surface area contributed by atoms with Gasteiger partial charge in [-0.2, -0.15) is 0 Å². The number of Topliss-reactive ketones (excluding diaryl/α,β-unsaturated/α-hetero) is 1. The lowest BCUT2D eigenvalue weighted by molar-refractivity contribution is -0.138. The van der Waals surface area contributed by atoms with Crippen LogP contribution in [0.25, 0.3) is 0 Å². The van der Waals surface area contributed by atoms with Crippen LogP contribution in [0.15, 0.2) is 24.3 Å². The van der Waals surface area contributed by atoms with Crippen LogP contribution in [0.1, 0.15) is 57.8 Å². The predicted molar refractivity (Wildman–Crippen MR) is 140 cm³/mol. The summed E-state index contributed by atoms with van der Waals surface area (Å²) in [6, 6.07) is 5.38. The fourth-order valence-electron chi connectivity index (χ4n) is 5.24. The van der Waals surface area contributed by atoms with Gasteiger partial charge in [-0.15, -0.1) is 0 Å². The third kappa shape index (κ3) is 6.47. The molecule has 3 atom stereocenters. The van der Waals surface area contributed by atoms with Crippen molar-refractivity contribution in [3.05, 3.63) is 29.8 Å². The number of benzene rings is 1. The Bertz CT molecular complexity index is 1020. The first kappa shape index (κ1) is 28.1. The molecule has 2 fully saturated rings. The highest BCUT2D eigenvalue weighted by Gasteiger charge is 2.52. The molecular formula is C27H39N5O5. The molecule has 2 N–H and O–H groups in total. The van der Waals surface area contributed by atoms with E-state index in [9.17, 15) is 24.0 Å². The van der Waals surface area contributed by atoms with Crippen molar-refractivity contribution in [2.75, 3.05) is 37.6 Å². The number of hydrogen-bond donors (Lipinski definition) is 2. The summed E-state index contributed by atoms with van der Waals surface area (Å²) in [5.41, 5.74) is 1.49. The van der Waals surface area contributed by atoms with Gasteiger partial charge in [-0.05, 0) is 56.9 Å². The third-order valence-corrected chi connectivity index (χ3v) is 7.08. The summed E-state index contributed by atoms with van der Waals surface area (Å²) in [4.78, 5) is 68.6. The fourth-order valence-corrected chi connectivity index (χ4v) is 5.24. The topological polar surface area (TPSA) is 119 Å². The van der Waals surface area contributed by atoms with Crippen LogP contribution in [0.2, 0.25) is 0 Å². The van der Waals surface area contributed by atoms with Crippen molar-refractivity contribution < 1.29 is 24.0 Å². The van der Waals surface area contributed by atoms with Crippen molar-refractivity contribution in [3.8, 4) is 0 Å². The predicted octanol–water partition coefficient (Wildman–Crippen LogP) is 1.19. The summed E-state index contributed by atoms with van der Waals surface area (Å²) in [5.74, 6) is -1.38. The van der Waals surface area contributed by atoms with Gasteiger partial charge in [0.2, 0.25) is 17.7 Å². The Morgan fingerprint density at radius 2 is 1.70 bits per heavy atom. The van der Waals surface area contributed by atoms with E-state index in [1.54, 1.807) is 12.1 Å². The van der Waals surface area contributed by atoms with Crippen LogP contribution in [0.4, 0.5) is 5.69 Å². The number of ketones is 1. The average molecular weight is 514 g/mol. The normalized spacial score (nSPS) is 19.6. The summed E-state index contributed by atoms with van der Waals surface area (Å²) in [6.07, 6.45) is 0.901. The van der Waals surface area contributed by atoms with E-state index < -0.39 is 18.1 Å².